The molecule has 4 aromatic carbocycles. The highest BCUT2D eigenvalue weighted by molar-refractivity contribution is 5.98. The number of para-hydroxylation sites is 4. The number of carbonyl (C=O) groups is 4. The van der Waals surface area contributed by atoms with E-state index in [1.54, 1.807) is 146 Å². The fourth-order valence-corrected chi connectivity index (χ4v) is 7.37. The first-order valence-electron chi connectivity index (χ1n) is 23.4. The quantitative estimate of drug-likeness (QED) is 0.0463. The van der Waals surface area contributed by atoms with Crippen LogP contribution in [0.3, 0.4) is 0 Å². The van der Waals surface area contributed by atoms with Crippen LogP contribution in [0.2, 0.25) is 0 Å². The van der Waals surface area contributed by atoms with Crippen LogP contribution in [0.1, 0.15) is 64.2 Å². The molecular weight excluding hydrogens is 925 g/mol. The van der Waals surface area contributed by atoms with E-state index in [-0.39, 0.29) is 97.9 Å². The lowest BCUT2D eigenvalue weighted by molar-refractivity contribution is -0.00417. The first kappa shape index (κ1) is 50.0. The Balaban J connectivity index is 1.13. The Hall–Kier alpha value is -9.44. The minimum absolute atomic E-state index is 0.173. The molecule has 0 fully saturated rings. The molecule has 0 aliphatic carbocycles. The van der Waals surface area contributed by atoms with Crippen molar-refractivity contribution in [3.63, 3.8) is 0 Å². The number of pyridine rings is 4. The second-order valence-electron chi connectivity index (χ2n) is 16.7. The molecule has 4 aromatic heterocycles. The number of benzene rings is 4. The summed E-state index contributed by atoms with van der Waals surface area (Å²) < 4.78 is 26.6. The molecule has 4 amide bonds. The fraction of sp³-hybridized carbons (Fsp3) is 0.158. The van der Waals surface area contributed by atoms with Gasteiger partial charge in [0.2, 0.25) is 0 Å². The van der Waals surface area contributed by atoms with Crippen LogP contribution in [0.15, 0.2) is 195 Å². The van der Waals surface area contributed by atoms with E-state index in [0.29, 0.717) is 22.8 Å². The van der Waals surface area contributed by atoms with Crippen LogP contribution in [-0.4, -0.2) is 70.0 Å². The number of nitrogens with zero attached hydrogens (tertiary/aromatic N) is 4. The maximum atomic E-state index is 13.8. The molecule has 16 heteroatoms. The highest BCUT2D eigenvalue weighted by atomic mass is 16.5. The highest BCUT2D eigenvalue weighted by Gasteiger charge is 2.37. The molecule has 0 aliphatic rings. The molecule has 0 spiro atoms. The number of hydrogen-bond acceptors (Lipinski definition) is 12. The van der Waals surface area contributed by atoms with Gasteiger partial charge in [0.05, 0.1) is 71.2 Å². The summed E-state index contributed by atoms with van der Waals surface area (Å²) in [6.07, 6.45) is 6.60. The second kappa shape index (κ2) is 25.4. The van der Waals surface area contributed by atoms with Crippen molar-refractivity contribution in [1.29, 1.82) is 0 Å². The highest BCUT2D eigenvalue weighted by Crippen LogP contribution is 2.31. The molecule has 0 bridgehead atoms. The van der Waals surface area contributed by atoms with Crippen LogP contribution in [0.4, 0.5) is 0 Å². The topological polar surface area (TPSA) is 205 Å². The Kier molecular flexibility index (Phi) is 17.4. The standard InChI is InChI=1S/C57H52N8O8/c66-53(62-33-41-17-9-13-29-58-41)45-21-1-5-25-49(45)70-37-57(38-71-50-26-6-2-22-46(50)54(67)63-34-42-18-10-14-30-59-42,39-72-51-27-7-3-23-47(51)55(68)64-35-43-19-11-15-31-60-43)40-73-52-28-8-4-24-48(52)56(69)65-36-44-20-12-16-32-61-44/h1-32H,33-40H2,(H,62,66)(H,63,67)(H,64,68)(H,65,69). The van der Waals surface area contributed by atoms with Gasteiger partial charge in [0.15, 0.2) is 0 Å². The first-order valence-corrected chi connectivity index (χ1v) is 23.4. The van der Waals surface area contributed by atoms with E-state index in [1.807, 2.05) is 48.5 Å². The average molecular weight is 977 g/mol. The van der Waals surface area contributed by atoms with Gasteiger partial charge in [-0.3, -0.25) is 39.1 Å². The lowest BCUT2D eigenvalue weighted by Crippen LogP contribution is -2.46. The molecule has 4 N–H and O–H groups in total. The van der Waals surface area contributed by atoms with Gasteiger partial charge in [-0.2, -0.15) is 0 Å². The van der Waals surface area contributed by atoms with Crippen LogP contribution >= 0.6 is 0 Å². The van der Waals surface area contributed by atoms with E-state index in [0.717, 1.165) is 0 Å². The van der Waals surface area contributed by atoms with Crippen molar-refractivity contribution in [2.45, 2.75) is 26.2 Å². The average Bonchev–Trinajstić information content (AvgIpc) is 3.45. The van der Waals surface area contributed by atoms with Crippen molar-refractivity contribution < 1.29 is 38.1 Å². The Morgan fingerprint density at radius 1 is 0.315 bits per heavy atom. The third-order valence-electron chi connectivity index (χ3n) is 11.3. The fourth-order valence-electron chi connectivity index (χ4n) is 7.37. The lowest BCUT2D eigenvalue weighted by atomic mass is 9.91. The van der Waals surface area contributed by atoms with Crippen molar-refractivity contribution >= 4 is 23.6 Å². The third-order valence-corrected chi connectivity index (χ3v) is 11.3. The first-order chi connectivity index (χ1) is 35.8. The summed E-state index contributed by atoms with van der Waals surface area (Å²) in [6.45, 7) is -0.168. The molecule has 16 nitrogen and oxygen atoms in total. The van der Waals surface area contributed by atoms with Gasteiger partial charge < -0.3 is 40.2 Å². The monoisotopic (exact) mass is 976 g/mol. The number of amides is 4. The molecule has 8 rings (SSSR count). The number of rotatable bonds is 24. The second-order valence-corrected chi connectivity index (χ2v) is 16.7. The molecule has 0 aliphatic heterocycles. The smallest absolute Gasteiger partial charge is 0.255 e. The maximum absolute atomic E-state index is 13.8. The molecule has 8 aromatic rings. The summed E-state index contributed by atoms with van der Waals surface area (Å²) in [5, 5.41) is 11.7. The van der Waals surface area contributed by atoms with Gasteiger partial charge in [-0.15, -0.1) is 0 Å². The number of carbonyl (C=O) groups excluding carboxylic acids is 4. The van der Waals surface area contributed by atoms with Gasteiger partial charge in [-0.05, 0) is 97.1 Å². The van der Waals surface area contributed by atoms with Gasteiger partial charge in [0.25, 0.3) is 23.6 Å². The lowest BCUT2D eigenvalue weighted by Gasteiger charge is -2.34. The molecule has 0 saturated heterocycles. The minimum atomic E-state index is -1.34. The zero-order valence-corrected chi connectivity index (χ0v) is 39.7. The van der Waals surface area contributed by atoms with Crippen molar-refractivity contribution in [1.82, 2.24) is 41.2 Å². The minimum Gasteiger partial charge on any atom is -0.492 e. The Labute approximate surface area is 422 Å². The predicted octanol–water partition coefficient (Wildman–Crippen LogP) is 7.59. The van der Waals surface area contributed by atoms with Crippen LogP contribution in [0.5, 0.6) is 23.0 Å². The van der Waals surface area contributed by atoms with E-state index >= 15 is 0 Å². The van der Waals surface area contributed by atoms with Gasteiger partial charge >= 0.3 is 0 Å². The van der Waals surface area contributed by atoms with Gasteiger partial charge in [0, 0.05) is 24.8 Å². The van der Waals surface area contributed by atoms with Crippen LogP contribution in [0.25, 0.3) is 0 Å². The SMILES string of the molecule is O=C(NCc1ccccn1)c1ccccc1OCC(COc1ccccc1C(=O)NCc1ccccn1)(COc1ccccc1C(=O)NCc1ccccn1)COc1ccccc1C(=O)NCc1ccccn1. The summed E-state index contributed by atoms with van der Waals surface area (Å²) in [7, 11) is 0. The van der Waals surface area contributed by atoms with Crippen LogP contribution in [-0.2, 0) is 26.2 Å². The Bertz CT molecular complexity index is 2660. The zero-order chi connectivity index (χ0) is 50.5. The van der Waals surface area contributed by atoms with E-state index < -0.39 is 29.0 Å². The van der Waals surface area contributed by atoms with E-state index in [9.17, 15) is 19.2 Å². The van der Waals surface area contributed by atoms with Crippen molar-refractivity contribution in [2.24, 2.45) is 5.41 Å². The Morgan fingerprint density at radius 2 is 0.534 bits per heavy atom. The number of nitrogens with one attached hydrogen (secondary N) is 4. The van der Waals surface area contributed by atoms with Crippen molar-refractivity contribution in [2.75, 3.05) is 26.4 Å². The van der Waals surface area contributed by atoms with Gasteiger partial charge in [-0.25, -0.2) is 0 Å². The summed E-state index contributed by atoms with van der Waals surface area (Å²) in [5.41, 5.74) is 2.31. The van der Waals surface area contributed by atoms with Gasteiger partial charge in [0.1, 0.15) is 54.8 Å². The molecular formula is C57H52N8O8. The van der Waals surface area contributed by atoms with E-state index in [1.165, 1.54) is 0 Å². The molecule has 0 unspecified atom stereocenters. The summed E-state index contributed by atoms with van der Waals surface area (Å²) in [5.74, 6) is -0.664. The van der Waals surface area contributed by atoms with E-state index in [4.69, 9.17) is 18.9 Å². The third kappa shape index (κ3) is 14.3. The molecule has 0 radical (unpaired) electrons. The van der Waals surface area contributed by atoms with Crippen LogP contribution < -0.4 is 40.2 Å². The van der Waals surface area contributed by atoms with E-state index in [2.05, 4.69) is 41.2 Å². The summed E-state index contributed by atoms with van der Waals surface area (Å²) in [4.78, 5) is 72.5. The molecule has 73 heavy (non-hydrogen) atoms. The predicted molar refractivity (Wildman–Crippen MR) is 272 cm³/mol. The van der Waals surface area contributed by atoms with Crippen molar-refractivity contribution in [3.05, 3.63) is 240 Å². The Morgan fingerprint density at radius 3 is 0.753 bits per heavy atom. The number of aromatic nitrogens is 4. The van der Waals surface area contributed by atoms with Gasteiger partial charge in [-0.1, -0.05) is 72.8 Å². The molecule has 4 heterocycles. The van der Waals surface area contributed by atoms with Crippen molar-refractivity contribution in [3.8, 4) is 23.0 Å². The number of ether oxygens (including phenoxy) is 4. The molecule has 368 valence electrons. The molecule has 0 saturated carbocycles. The zero-order valence-electron chi connectivity index (χ0n) is 39.7. The maximum Gasteiger partial charge on any atom is 0.255 e. The molecule has 0 atom stereocenters. The number of hydrogen-bond donors (Lipinski definition) is 4. The largest absolute Gasteiger partial charge is 0.492 e. The normalized spacial score (nSPS) is 10.8. The summed E-state index contributed by atoms with van der Waals surface area (Å²) >= 11 is 0. The summed E-state index contributed by atoms with van der Waals surface area (Å²) in [6, 6.07) is 48.9. The van der Waals surface area contributed by atoms with Crippen LogP contribution in [0, 0.1) is 5.41 Å².